The van der Waals surface area contributed by atoms with E-state index in [2.05, 4.69) is 27.3 Å². The molecule has 106 valence electrons. The van der Waals surface area contributed by atoms with Gasteiger partial charge >= 0.3 is 0 Å². The van der Waals surface area contributed by atoms with Crippen molar-refractivity contribution in [3.05, 3.63) is 33.7 Å². The molecule has 1 aromatic carbocycles. The molecule has 1 fully saturated rings. The number of anilines is 1. The molecule has 3 rings (SSSR count). The minimum atomic E-state index is -0.234. The van der Waals surface area contributed by atoms with Crippen LogP contribution >= 0.6 is 15.9 Å². The Hall–Kier alpha value is -1.16. The molecular weight excluding hydrogens is 319 g/mol. The van der Waals surface area contributed by atoms with Gasteiger partial charge in [-0.2, -0.15) is 0 Å². The van der Waals surface area contributed by atoms with Crippen molar-refractivity contribution in [2.24, 2.45) is 0 Å². The molecule has 2 aromatic rings. The van der Waals surface area contributed by atoms with Crippen LogP contribution in [0.25, 0.3) is 10.9 Å². The van der Waals surface area contributed by atoms with Crippen molar-refractivity contribution in [2.75, 3.05) is 12.4 Å². The third-order valence-corrected chi connectivity index (χ3v) is 5.00. The van der Waals surface area contributed by atoms with E-state index >= 15 is 0 Å². The van der Waals surface area contributed by atoms with Crippen LogP contribution in [0.2, 0.25) is 0 Å². The Labute approximate surface area is 126 Å². The predicted molar refractivity (Wildman–Crippen MR) is 84.9 cm³/mol. The molecule has 1 N–H and O–H groups in total. The molecule has 20 heavy (non-hydrogen) atoms. The Bertz CT molecular complexity index is 663. The van der Waals surface area contributed by atoms with Crippen LogP contribution in [0.1, 0.15) is 42.9 Å². The van der Waals surface area contributed by atoms with E-state index in [9.17, 15) is 4.39 Å². The van der Waals surface area contributed by atoms with E-state index < -0.39 is 0 Å². The van der Waals surface area contributed by atoms with E-state index in [1.165, 1.54) is 25.7 Å². The summed E-state index contributed by atoms with van der Waals surface area (Å²) in [6, 6.07) is 3.64. The van der Waals surface area contributed by atoms with Crippen LogP contribution in [0, 0.1) is 12.7 Å². The number of fused-ring (bicyclic) bond motifs is 1. The quantitative estimate of drug-likeness (QED) is 0.820. The minimum absolute atomic E-state index is 0.234. The Kier molecular flexibility index (Phi) is 3.67. The normalized spacial score (nSPS) is 16.0. The highest BCUT2D eigenvalue weighted by Gasteiger charge is 2.21. The van der Waals surface area contributed by atoms with Gasteiger partial charge in [0.25, 0.3) is 0 Å². The predicted octanol–water partition coefficient (Wildman–Crippen LogP) is 5.14. The molecule has 1 aliphatic carbocycles. The number of nitrogens with one attached hydrogen (secondary N) is 1. The summed E-state index contributed by atoms with van der Waals surface area (Å²) in [6.45, 7) is 1.92. The van der Waals surface area contributed by atoms with E-state index in [1.807, 2.05) is 14.0 Å². The van der Waals surface area contributed by atoms with Gasteiger partial charge in [-0.1, -0.05) is 12.8 Å². The molecule has 0 spiro atoms. The number of hydrogen-bond acceptors (Lipinski definition) is 2. The molecule has 0 aliphatic heterocycles. The summed E-state index contributed by atoms with van der Waals surface area (Å²) in [6.07, 6.45) is 4.99. The van der Waals surface area contributed by atoms with Gasteiger partial charge in [-0.15, -0.1) is 0 Å². The molecule has 0 atom stereocenters. The van der Waals surface area contributed by atoms with Crippen LogP contribution in [-0.2, 0) is 0 Å². The fraction of sp³-hybridized carbons (Fsp3) is 0.438. The molecule has 2 nitrogen and oxygen atoms in total. The van der Waals surface area contributed by atoms with Crippen LogP contribution in [0.15, 0.2) is 16.6 Å². The van der Waals surface area contributed by atoms with E-state index in [-0.39, 0.29) is 5.82 Å². The van der Waals surface area contributed by atoms with Crippen molar-refractivity contribution in [1.82, 2.24) is 4.98 Å². The lowest BCUT2D eigenvalue weighted by Crippen LogP contribution is -2.02. The topological polar surface area (TPSA) is 24.9 Å². The van der Waals surface area contributed by atoms with Crippen molar-refractivity contribution < 1.29 is 4.39 Å². The first-order valence-corrected chi connectivity index (χ1v) is 7.88. The second-order valence-electron chi connectivity index (χ2n) is 5.54. The first-order valence-electron chi connectivity index (χ1n) is 7.09. The number of aryl methyl sites for hydroxylation is 1. The highest BCUT2D eigenvalue weighted by Crippen LogP contribution is 2.39. The van der Waals surface area contributed by atoms with Crippen molar-refractivity contribution in [3.63, 3.8) is 0 Å². The van der Waals surface area contributed by atoms with Gasteiger partial charge in [0, 0.05) is 29.7 Å². The molecule has 1 heterocycles. The Balaban J connectivity index is 2.28. The van der Waals surface area contributed by atoms with Gasteiger partial charge < -0.3 is 5.32 Å². The van der Waals surface area contributed by atoms with E-state index in [0.29, 0.717) is 10.4 Å². The van der Waals surface area contributed by atoms with Crippen LogP contribution < -0.4 is 5.32 Å². The molecule has 1 saturated carbocycles. The summed E-state index contributed by atoms with van der Waals surface area (Å²) >= 11 is 3.36. The number of hydrogen-bond donors (Lipinski definition) is 1. The first kappa shape index (κ1) is 13.8. The van der Waals surface area contributed by atoms with Crippen LogP contribution in [-0.4, -0.2) is 12.0 Å². The number of aromatic nitrogens is 1. The molecule has 1 aromatic heterocycles. The van der Waals surface area contributed by atoms with Gasteiger partial charge in [-0.3, -0.25) is 4.98 Å². The monoisotopic (exact) mass is 336 g/mol. The number of rotatable bonds is 2. The summed E-state index contributed by atoms with van der Waals surface area (Å²) < 4.78 is 14.4. The van der Waals surface area contributed by atoms with Gasteiger partial charge in [-0.05, 0) is 53.4 Å². The van der Waals surface area contributed by atoms with Crippen molar-refractivity contribution in [1.29, 1.82) is 0 Å². The van der Waals surface area contributed by atoms with Crippen molar-refractivity contribution >= 4 is 32.5 Å². The smallest absolute Gasteiger partial charge is 0.138 e. The van der Waals surface area contributed by atoms with Gasteiger partial charge in [0.05, 0.1) is 9.99 Å². The van der Waals surface area contributed by atoms with Gasteiger partial charge in [0.1, 0.15) is 5.82 Å². The second kappa shape index (κ2) is 5.32. The van der Waals surface area contributed by atoms with Gasteiger partial charge in [-0.25, -0.2) is 4.39 Å². The lowest BCUT2D eigenvalue weighted by Gasteiger charge is -2.16. The molecule has 1 aliphatic rings. The summed E-state index contributed by atoms with van der Waals surface area (Å²) in [5.41, 5.74) is 3.87. The molecule has 0 saturated heterocycles. The van der Waals surface area contributed by atoms with E-state index in [0.717, 1.165) is 27.8 Å². The maximum atomic E-state index is 13.9. The molecule has 0 amide bonds. The van der Waals surface area contributed by atoms with Crippen molar-refractivity contribution in [2.45, 2.75) is 38.5 Å². The number of halogens is 2. The Morgan fingerprint density at radius 1 is 1.30 bits per heavy atom. The molecule has 4 heteroatoms. The maximum Gasteiger partial charge on any atom is 0.138 e. The van der Waals surface area contributed by atoms with E-state index in [1.54, 1.807) is 6.07 Å². The van der Waals surface area contributed by atoms with Crippen molar-refractivity contribution in [3.8, 4) is 0 Å². The lowest BCUT2D eigenvalue weighted by molar-refractivity contribution is 0.622. The molecule has 0 unspecified atom stereocenters. The molecule has 0 bridgehead atoms. The zero-order valence-corrected chi connectivity index (χ0v) is 13.3. The number of pyridine rings is 1. The minimum Gasteiger partial charge on any atom is -0.387 e. The lowest BCUT2D eigenvalue weighted by atomic mass is 10.00. The maximum absolute atomic E-state index is 13.9. The first-order chi connectivity index (χ1) is 9.61. The molecule has 0 radical (unpaired) electrons. The number of nitrogens with zero attached hydrogens (tertiary/aromatic N) is 1. The average Bonchev–Trinajstić information content (AvgIpc) is 2.97. The fourth-order valence-corrected chi connectivity index (χ4v) is 3.66. The Morgan fingerprint density at radius 3 is 2.65 bits per heavy atom. The highest BCUT2D eigenvalue weighted by atomic mass is 79.9. The third kappa shape index (κ3) is 2.20. The SMILES string of the molecule is CNc1cc(C2CCCC2)nc2c(C)cc(F)c(Br)c12. The zero-order chi connectivity index (χ0) is 14.3. The highest BCUT2D eigenvalue weighted by molar-refractivity contribution is 9.10. The molecular formula is C16H18BrFN2. The van der Waals surface area contributed by atoms with E-state index in [4.69, 9.17) is 4.98 Å². The van der Waals surface area contributed by atoms with Gasteiger partial charge in [0.2, 0.25) is 0 Å². The summed E-state index contributed by atoms with van der Waals surface area (Å²) in [7, 11) is 1.87. The largest absolute Gasteiger partial charge is 0.387 e. The van der Waals surface area contributed by atoms with Crippen LogP contribution in [0.3, 0.4) is 0 Å². The average molecular weight is 337 g/mol. The second-order valence-corrected chi connectivity index (χ2v) is 6.33. The number of benzene rings is 1. The van der Waals surface area contributed by atoms with Crippen LogP contribution in [0.5, 0.6) is 0 Å². The summed E-state index contributed by atoms with van der Waals surface area (Å²) in [5, 5.41) is 4.03. The summed E-state index contributed by atoms with van der Waals surface area (Å²) in [4.78, 5) is 4.83. The van der Waals surface area contributed by atoms with Crippen LogP contribution in [0.4, 0.5) is 10.1 Å². The van der Waals surface area contributed by atoms with Gasteiger partial charge in [0.15, 0.2) is 0 Å². The summed E-state index contributed by atoms with van der Waals surface area (Å²) in [5.74, 6) is 0.316. The fourth-order valence-electron chi connectivity index (χ4n) is 3.14. The Morgan fingerprint density at radius 2 is 2.00 bits per heavy atom. The third-order valence-electron chi connectivity index (χ3n) is 4.23. The standard InChI is InChI=1S/C16H18BrFN2/c1-9-7-11(18)15(17)14-13(19-2)8-12(20-16(9)14)10-5-3-4-6-10/h7-8,10H,3-6H2,1-2H3,(H,19,20). The zero-order valence-electron chi connectivity index (χ0n) is 11.8.